The van der Waals surface area contributed by atoms with E-state index in [1.165, 1.54) is 5.56 Å². The molecule has 3 N–H and O–H groups in total. The number of hydrogen-bond donors (Lipinski definition) is 2. The Morgan fingerprint density at radius 1 is 1.24 bits per heavy atom. The molecule has 0 spiro atoms. The number of hydrogen-bond acceptors (Lipinski definition) is 3. The summed E-state index contributed by atoms with van der Waals surface area (Å²) in [5.41, 5.74) is 7.73. The van der Waals surface area contributed by atoms with E-state index in [1.54, 1.807) is 6.26 Å². The van der Waals surface area contributed by atoms with E-state index in [9.17, 15) is 0 Å². The van der Waals surface area contributed by atoms with Gasteiger partial charge in [-0.05, 0) is 31.2 Å². The summed E-state index contributed by atoms with van der Waals surface area (Å²) in [6, 6.07) is 12.3. The summed E-state index contributed by atoms with van der Waals surface area (Å²) >= 11 is 0. The van der Waals surface area contributed by atoms with Gasteiger partial charge in [0.1, 0.15) is 5.76 Å². The summed E-state index contributed by atoms with van der Waals surface area (Å²) in [5, 5.41) is 3.08. The molecule has 0 saturated heterocycles. The lowest BCUT2D eigenvalue weighted by Gasteiger charge is -1.95. The van der Waals surface area contributed by atoms with Crippen molar-refractivity contribution in [2.24, 2.45) is 5.73 Å². The minimum atomic E-state index is 0.494. The van der Waals surface area contributed by atoms with Crippen molar-refractivity contribution in [2.75, 3.05) is 7.05 Å². The smallest absolute Gasteiger partial charge is 0.117 e. The maximum atomic E-state index is 5.27. The van der Waals surface area contributed by atoms with Crippen LogP contribution in [0.2, 0.25) is 0 Å². The molecule has 0 aliphatic rings. The first kappa shape index (κ1) is 13.5. The van der Waals surface area contributed by atoms with Gasteiger partial charge in [0.05, 0.1) is 12.8 Å². The molecule has 0 fully saturated rings. The number of nitrogens with one attached hydrogen (secondary N) is 1. The molecule has 1 heterocycles. The molecule has 1 aromatic heterocycles. The molecule has 3 heteroatoms. The number of benzene rings is 1. The van der Waals surface area contributed by atoms with E-state index in [-0.39, 0.29) is 0 Å². The van der Waals surface area contributed by atoms with Gasteiger partial charge in [0.2, 0.25) is 0 Å². The Morgan fingerprint density at radius 2 is 1.94 bits per heavy atom. The van der Waals surface area contributed by atoms with E-state index in [1.807, 2.05) is 38.2 Å². The van der Waals surface area contributed by atoms with Gasteiger partial charge in [0, 0.05) is 6.54 Å². The van der Waals surface area contributed by atoms with Crippen LogP contribution in [0.15, 0.2) is 47.1 Å². The number of aryl methyl sites for hydroxylation is 1. The Balaban J connectivity index is 0.000000171. The second-order valence-electron chi connectivity index (χ2n) is 3.81. The van der Waals surface area contributed by atoms with Crippen LogP contribution in [0.25, 0.3) is 0 Å². The van der Waals surface area contributed by atoms with Crippen LogP contribution in [0, 0.1) is 6.92 Å². The van der Waals surface area contributed by atoms with Crippen molar-refractivity contribution in [3.63, 3.8) is 0 Å². The molecule has 0 radical (unpaired) electrons. The third kappa shape index (κ3) is 5.33. The molecule has 0 amide bonds. The summed E-state index contributed by atoms with van der Waals surface area (Å²) in [7, 11) is 1.95. The lowest BCUT2D eigenvalue weighted by molar-refractivity contribution is 0.511. The lowest BCUT2D eigenvalue weighted by Crippen LogP contribution is -2.04. The Hall–Kier alpha value is -1.58. The first-order valence-electron chi connectivity index (χ1n) is 5.69. The second-order valence-corrected chi connectivity index (χ2v) is 3.81. The maximum Gasteiger partial charge on any atom is 0.117 e. The molecule has 0 aliphatic carbocycles. The third-order valence-corrected chi connectivity index (χ3v) is 2.21. The van der Waals surface area contributed by atoms with Gasteiger partial charge in [0.25, 0.3) is 0 Å². The average Bonchev–Trinajstić information content (AvgIpc) is 2.78. The topological polar surface area (TPSA) is 51.2 Å². The first-order chi connectivity index (χ1) is 8.26. The summed E-state index contributed by atoms with van der Waals surface area (Å²) in [6.07, 6.45) is 1.70. The van der Waals surface area contributed by atoms with E-state index >= 15 is 0 Å². The molecule has 0 aliphatic heterocycles. The monoisotopic (exact) mass is 232 g/mol. The second kappa shape index (κ2) is 7.65. The Kier molecular flexibility index (Phi) is 6.07. The molecule has 92 valence electrons. The lowest BCUT2D eigenvalue weighted by atomic mass is 10.2. The van der Waals surface area contributed by atoms with E-state index in [0.717, 1.165) is 17.9 Å². The fourth-order valence-electron chi connectivity index (χ4n) is 1.40. The SMILES string of the molecule is CNCc1ccccc1.Cc1coc(CN)c1. The normalized spacial score (nSPS) is 9.59. The Morgan fingerprint density at radius 3 is 2.35 bits per heavy atom. The van der Waals surface area contributed by atoms with E-state index in [4.69, 9.17) is 10.2 Å². The van der Waals surface area contributed by atoms with Crippen LogP contribution in [0.4, 0.5) is 0 Å². The van der Waals surface area contributed by atoms with Gasteiger partial charge in [-0.25, -0.2) is 0 Å². The largest absolute Gasteiger partial charge is 0.468 e. The van der Waals surface area contributed by atoms with Gasteiger partial charge in [-0.1, -0.05) is 30.3 Å². The summed E-state index contributed by atoms with van der Waals surface area (Å²) in [5.74, 6) is 0.850. The Bertz CT molecular complexity index is 409. The molecule has 0 unspecified atom stereocenters. The van der Waals surface area contributed by atoms with Crippen LogP contribution in [-0.2, 0) is 13.1 Å². The zero-order valence-corrected chi connectivity index (χ0v) is 10.4. The van der Waals surface area contributed by atoms with Crippen molar-refractivity contribution < 1.29 is 4.42 Å². The van der Waals surface area contributed by atoms with E-state index in [2.05, 4.69) is 17.4 Å². The van der Waals surface area contributed by atoms with Crippen molar-refractivity contribution in [1.82, 2.24) is 5.32 Å². The maximum absolute atomic E-state index is 5.27. The molecule has 0 bridgehead atoms. The first-order valence-corrected chi connectivity index (χ1v) is 5.69. The minimum absolute atomic E-state index is 0.494. The number of furan rings is 1. The highest BCUT2D eigenvalue weighted by molar-refractivity contribution is 5.14. The van der Waals surface area contributed by atoms with Crippen LogP contribution in [0.1, 0.15) is 16.9 Å². The highest BCUT2D eigenvalue weighted by Gasteiger charge is 1.91. The third-order valence-electron chi connectivity index (χ3n) is 2.21. The minimum Gasteiger partial charge on any atom is -0.468 e. The predicted molar refractivity (Wildman–Crippen MR) is 70.5 cm³/mol. The van der Waals surface area contributed by atoms with Crippen molar-refractivity contribution >= 4 is 0 Å². The van der Waals surface area contributed by atoms with Crippen LogP contribution >= 0.6 is 0 Å². The van der Waals surface area contributed by atoms with Gasteiger partial charge in [-0.15, -0.1) is 0 Å². The van der Waals surface area contributed by atoms with Crippen LogP contribution in [0.5, 0.6) is 0 Å². The summed E-state index contributed by atoms with van der Waals surface area (Å²) < 4.78 is 4.99. The molecule has 17 heavy (non-hydrogen) atoms. The molecule has 3 nitrogen and oxygen atoms in total. The Labute approximate surface area is 103 Å². The number of nitrogens with two attached hydrogens (primary N) is 1. The van der Waals surface area contributed by atoms with E-state index < -0.39 is 0 Å². The molecular formula is C14H20N2O. The van der Waals surface area contributed by atoms with Crippen LogP contribution in [0.3, 0.4) is 0 Å². The van der Waals surface area contributed by atoms with Gasteiger partial charge >= 0.3 is 0 Å². The quantitative estimate of drug-likeness (QED) is 0.854. The molecule has 0 saturated carbocycles. The molecule has 2 aromatic rings. The zero-order chi connectivity index (χ0) is 12.5. The van der Waals surface area contributed by atoms with E-state index in [0.29, 0.717) is 6.54 Å². The molecule has 2 rings (SSSR count). The fourth-order valence-corrected chi connectivity index (χ4v) is 1.40. The van der Waals surface area contributed by atoms with Crippen molar-refractivity contribution in [2.45, 2.75) is 20.0 Å². The average molecular weight is 232 g/mol. The standard InChI is InChI=1S/C8H11N.C6H9NO/c1-9-7-8-5-3-2-4-6-8;1-5-2-6(3-7)8-4-5/h2-6,9H,7H2,1H3;2,4H,3,7H2,1H3. The van der Waals surface area contributed by atoms with Gasteiger partial charge < -0.3 is 15.5 Å². The molecule has 1 aromatic carbocycles. The molecule has 0 atom stereocenters. The summed E-state index contributed by atoms with van der Waals surface area (Å²) in [6.45, 7) is 3.43. The van der Waals surface area contributed by atoms with Gasteiger partial charge in [0.15, 0.2) is 0 Å². The van der Waals surface area contributed by atoms with Crippen molar-refractivity contribution in [3.8, 4) is 0 Å². The highest BCUT2D eigenvalue weighted by atomic mass is 16.3. The van der Waals surface area contributed by atoms with Gasteiger partial charge in [-0.3, -0.25) is 0 Å². The van der Waals surface area contributed by atoms with Crippen molar-refractivity contribution in [1.29, 1.82) is 0 Å². The van der Waals surface area contributed by atoms with Gasteiger partial charge in [-0.2, -0.15) is 0 Å². The summed E-state index contributed by atoms with van der Waals surface area (Å²) in [4.78, 5) is 0. The number of rotatable bonds is 3. The van der Waals surface area contributed by atoms with Crippen molar-refractivity contribution in [3.05, 3.63) is 59.5 Å². The van der Waals surface area contributed by atoms with Crippen LogP contribution in [-0.4, -0.2) is 7.05 Å². The molecular weight excluding hydrogens is 212 g/mol. The predicted octanol–water partition coefficient (Wildman–Crippen LogP) is 2.45. The highest BCUT2D eigenvalue weighted by Crippen LogP contribution is 2.03. The zero-order valence-electron chi connectivity index (χ0n) is 10.4. The van der Waals surface area contributed by atoms with Crippen LogP contribution < -0.4 is 11.1 Å². The fraction of sp³-hybridized carbons (Fsp3) is 0.286.